The summed E-state index contributed by atoms with van der Waals surface area (Å²) in [5.41, 5.74) is 0. The van der Waals surface area contributed by atoms with Crippen molar-refractivity contribution in [1.29, 1.82) is 0 Å². The Balaban J connectivity index is 1.67. The maximum absolute atomic E-state index is 3.71. The van der Waals surface area contributed by atoms with Crippen molar-refractivity contribution >= 4 is 0 Å². The topological polar surface area (TPSA) is 15.3 Å². The van der Waals surface area contributed by atoms with E-state index in [1.54, 1.807) is 0 Å². The van der Waals surface area contributed by atoms with E-state index >= 15 is 0 Å². The van der Waals surface area contributed by atoms with Gasteiger partial charge in [-0.05, 0) is 57.5 Å². The van der Waals surface area contributed by atoms with Crippen molar-refractivity contribution in [1.82, 2.24) is 10.2 Å². The van der Waals surface area contributed by atoms with Gasteiger partial charge in [0.25, 0.3) is 0 Å². The summed E-state index contributed by atoms with van der Waals surface area (Å²) in [6.07, 6.45) is 9.89. The third-order valence-electron chi connectivity index (χ3n) is 4.20. The smallest absolute Gasteiger partial charge is 0.0220 e. The Bertz CT molecular complexity index is 211. The maximum atomic E-state index is 3.71. The summed E-state index contributed by atoms with van der Waals surface area (Å²) < 4.78 is 0. The van der Waals surface area contributed by atoms with E-state index in [2.05, 4.69) is 24.1 Å². The Morgan fingerprint density at radius 1 is 1.18 bits per heavy atom. The molecule has 2 rings (SSSR count). The number of piperidine rings is 1. The average Bonchev–Trinajstić information content (AvgIpc) is 3.11. The van der Waals surface area contributed by atoms with E-state index in [-0.39, 0.29) is 0 Å². The Labute approximate surface area is 107 Å². The molecular formula is C15H30N2. The largest absolute Gasteiger partial charge is 0.312 e. The van der Waals surface area contributed by atoms with E-state index < -0.39 is 0 Å². The van der Waals surface area contributed by atoms with Crippen LogP contribution < -0.4 is 5.32 Å². The van der Waals surface area contributed by atoms with Gasteiger partial charge in [-0.15, -0.1) is 0 Å². The van der Waals surface area contributed by atoms with E-state index in [1.807, 2.05) is 0 Å². The molecule has 2 nitrogen and oxygen atoms in total. The van der Waals surface area contributed by atoms with Crippen LogP contribution in [0, 0.1) is 5.92 Å². The summed E-state index contributed by atoms with van der Waals surface area (Å²) in [5, 5.41) is 3.71. The molecule has 2 fully saturated rings. The van der Waals surface area contributed by atoms with Crippen LogP contribution in [0.3, 0.4) is 0 Å². The minimum absolute atomic E-state index is 0.830. The zero-order valence-electron chi connectivity index (χ0n) is 11.8. The van der Waals surface area contributed by atoms with E-state index in [0.717, 1.165) is 18.0 Å². The van der Waals surface area contributed by atoms with Crippen molar-refractivity contribution in [2.24, 2.45) is 5.92 Å². The zero-order valence-corrected chi connectivity index (χ0v) is 11.8. The van der Waals surface area contributed by atoms with Crippen molar-refractivity contribution in [2.75, 3.05) is 19.6 Å². The van der Waals surface area contributed by atoms with Crippen LogP contribution in [0.15, 0.2) is 0 Å². The number of hydrogen-bond donors (Lipinski definition) is 1. The SMILES string of the molecule is CC(C)CCCN1CCCCC1CNC1CC1. The van der Waals surface area contributed by atoms with Crippen LogP contribution in [-0.2, 0) is 0 Å². The van der Waals surface area contributed by atoms with E-state index in [4.69, 9.17) is 0 Å². The van der Waals surface area contributed by atoms with Gasteiger partial charge in [0.15, 0.2) is 0 Å². The van der Waals surface area contributed by atoms with Gasteiger partial charge in [-0.25, -0.2) is 0 Å². The predicted molar refractivity (Wildman–Crippen MR) is 74.3 cm³/mol. The van der Waals surface area contributed by atoms with Crippen molar-refractivity contribution in [3.05, 3.63) is 0 Å². The second-order valence-corrected chi connectivity index (χ2v) is 6.40. The Kier molecular flexibility index (Phi) is 5.30. The van der Waals surface area contributed by atoms with Gasteiger partial charge in [0, 0.05) is 18.6 Å². The molecule has 100 valence electrons. The molecule has 0 radical (unpaired) electrons. The normalized spacial score (nSPS) is 26.6. The minimum atomic E-state index is 0.830. The van der Waals surface area contributed by atoms with Crippen LogP contribution in [0.5, 0.6) is 0 Å². The first-order chi connectivity index (χ1) is 8.25. The van der Waals surface area contributed by atoms with Gasteiger partial charge in [-0.2, -0.15) is 0 Å². The van der Waals surface area contributed by atoms with Gasteiger partial charge in [-0.3, -0.25) is 4.90 Å². The molecular weight excluding hydrogens is 208 g/mol. The zero-order chi connectivity index (χ0) is 12.1. The summed E-state index contributed by atoms with van der Waals surface area (Å²) in [6, 6.07) is 1.70. The van der Waals surface area contributed by atoms with Gasteiger partial charge in [0.05, 0.1) is 0 Å². The summed E-state index contributed by atoms with van der Waals surface area (Å²) in [6.45, 7) is 8.58. The average molecular weight is 238 g/mol. The molecule has 1 atom stereocenters. The third kappa shape index (κ3) is 4.97. The molecule has 2 heteroatoms. The van der Waals surface area contributed by atoms with Crippen LogP contribution in [0.1, 0.15) is 58.8 Å². The molecule has 17 heavy (non-hydrogen) atoms. The van der Waals surface area contributed by atoms with Crippen LogP contribution in [0.2, 0.25) is 0 Å². The third-order valence-corrected chi connectivity index (χ3v) is 4.20. The van der Waals surface area contributed by atoms with Crippen molar-refractivity contribution in [3.63, 3.8) is 0 Å². The van der Waals surface area contributed by atoms with Crippen LogP contribution >= 0.6 is 0 Å². The standard InChI is InChI=1S/C15H30N2/c1-13(2)6-5-11-17-10-4-3-7-15(17)12-16-14-8-9-14/h13-16H,3-12H2,1-2H3. The van der Waals surface area contributed by atoms with Crippen molar-refractivity contribution in [2.45, 2.75) is 70.9 Å². The number of nitrogens with one attached hydrogen (secondary N) is 1. The lowest BCUT2D eigenvalue weighted by molar-refractivity contribution is 0.141. The highest BCUT2D eigenvalue weighted by molar-refractivity contribution is 4.85. The Morgan fingerprint density at radius 2 is 2.00 bits per heavy atom. The summed E-state index contributed by atoms with van der Waals surface area (Å²) >= 11 is 0. The molecule has 0 aromatic heterocycles. The number of hydrogen-bond acceptors (Lipinski definition) is 2. The molecule has 0 bridgehead atoms. The lowest BCUT2D eigenvalue weighted by atomic mass is 10.0. The Hall–Kier alpha value is -0.0800. The first-order valence-corrected chi connectivity index (χ1v) is 7.73. The molecule has 0 aromatic rings. The van der Waals surface area contributed by atoms with Crippen molar-refractivity contribution < 1.29 is 0 Å². The summed E-state index contributed by atoms with van der Waals surface area (Å²) in [5.74, 6) is 0.864. The van der Waals surface area contributed by atoms with Gasteiger partial charge in [0.1, 0.15) is 0 Å². The van der Waals surface area contributed by atoms with E-state index in [9.17, 15) is 0 Å². The van der Waals surface area contributed by atoms with E-state index in [1.165, 1.54) is 64.6 Å². The fourth-order valence-corrected chi connectivity index (χ4v) is 2.88. The first kappa shape index (κ1) is 13.4. The molecule has 1 N–H and O–H groups in total. The monoisotopic (exact) mass is 238 g/mol. The number of nitrogens with zero attached hydrogens (tertiary/aromatic N) is 1. The van der Waals surface area contributed by atoms with Gasteiger partial charge in [0.2, 0.25) is 0 Å². The van der Waals surface area contributed by atoms with Crippen molar-refractivity contribution in [3.8, 4) is 0 Å². The summed E-state index contributed by atoms with van der Waals surface area (Å²) in [4.78, 5) is 2.75. The van der Waals surface area contributed by atoms with Gasteiger partial charge >= 0.3 is 0 Å². The molecule has 1 saturated heterocycles. The van der Waals surface area contributed by atoms with E-state index in [0.29, 0.717) is 0 Å². The van der Waals surface area contributed by atoms with Crippen LogP contribution in [0.4, 0.5) is 0 Å². The van der Waals surface area contributed by atoms with Crippen LogP contribution in [-0.4, -0.2) is 36.6 Å². The van der Waals surface area contributed by atoms with Crippen LogP contribution in [0.25, 0.3) is 0 Å². The lowest BCUT2D eigenvalue weighted by Crippen LogP contribution is -2.46. The highest BCUT2D eigenvalue weighted by atomic mass is 15.2. The minimum Gasteiger partial charge on any atom is -0.312 e. The molecule has 0 spiro atoms. The molecule has 1 unspecified atom stereocenters. The molecule has 1 heterocycles. The molecule has 2 aliphatic rings. The highest BCUT2D eigenvalue weighted by Gasteiger charge is 2.25. The molecule has 0 aromatic carbocycles. The molecule has 1 saturated carbocycles. The summed E-state index contributed by atoms with van der Waals surface area (Å²) in [7, 11) is 0. The molecule has 1 aliphatic carbocycles. The second kappa shape index (κ2) is 6.75. The first-order valence-electron chi connectivity index (χ1n) is 7.73. The second-order valence-electron chi connectivity index (χ2n) is 6.40. The highest BCUT2D eigenvalue weighted by Crippen LogP contribution is 2.21. The number of likely N-dealkylation sites (tertiary alicyclic amines) is 1. The molecule has 1 aliphatic heterocycles. The maximum Gasteiger partial charge on any atom is 0.0220 e. The quantitative estimate of drug-likeness (QED) is 0.733. The number of rotatable bonds is 7. The predicted octanol–water partition coefficient (Wildman–Crippen LogP) is 3.03. The fraction of sp³-hybridized carbons (Fsp3) is 1.00. The van der Waals surface area contributed by atoms with Gasteiger partial charge < -0.3 is 5.32 Å². The Morgan fingerprint density at radius 3 is 2.71 bits per heavy atom. The lowest BCUT2D eigenvalue weighted by Gasteiger charge is -2.36. The molecule has 0 amide bonds. The van der Waals surface area contributed by atoms with Gasteiger partial charge in [-0.1, -0.05) is 20.3 Å². The fourth-order valence-electron chi connectivity index (χ4n) is 2.88.